The molecule has 0 spiro atoms. The summed E-state index contributed by atoms with van der Waals surface area (Å²) < 4.78 is 29.2. The van der Waals surface area contributed by atoms with Gasteiger partial charge >= 0.3 is 0 Å². The van der Waals surface area contributed by atoms with Crippen LogP contribution in [0.15, 0.2) is 73.3 Å². The SMILES string of the molecule is C=CC(c1ccc(O)c(C)c1)S(=O)(=O)N1c2ccccc2-c2cccc(O)c2C1C. The van der Waals surface area contributed by atoms with Gasteiger partial charge in [0, 0.05) is 11.1 Å². The highest BCUT2D eigenvalue weighted by Crippen LogP contribution is 2.50. The highest BCUT2D eigenvalue weighted by Gasteiger charge is 2.40. The third-order valence-electron chi connectivity index (χ3n) is 5.64. The molecular formula is C24H23NO4S. The zero-order valence-electron chi connectivity index (χ0n) is 16.8. The largest absolute Gasteiger partial charge is 0.508 e. The van der Waals surface area contributed by atoms with E-state index in [0.717, 1.165) is 11.1 Å². The lowest BCUT2D eigenvalue weighted by Gasteiger charge is -2.39. The van der Waals surface area contributed by atoms with Gasteiger partial charge in [0.2, 0.25) is 10.0 Å². The van der Waals surface area contributed by atoms with Crippen LogP contribution >= 0.6 is 0 Å². The maximum atomic E-state index is 13.9. The highest BCUT2D eigenvalue weighted by atomic mass is 32.2. The lowest BCUT2D eigenvalue weighted by molar-refractivity contribution is 0.463. The van der Waals surface area contributed by atoms with Gasteiger partial charge < -0.3 is 10.2 Å². The second-order valence-corrected chi connectivity index (χ2v) is 9.41. The Morgan fingerprint density at radius 1 is 1.00 bits per heavy atom. The van der Waals surface area contributed by atoms with Gasteiger partial charge in [0.15, 0.2) is 0 Å². The van der Waals surface area contributed by atoms with Crippen LogP contribution < -0.4 is 4.31 Å². The van der Waals surface area contributed by atoms with E-state index in [9.17, 15) is 18.6 Å². The molecule has 1 aliphatic rings. The van der Waals surface area contributed by atoms with Crippen LogP contribution in [-0.2, 0) is 10.0 Å². The fraction of sp³-hybridized carbons (Fsp3) is 0.167. The molecule has 0 amide bonds. The number of sulfonamides is 1. The molecule has 3 aromatic rings. The van der Waals surface area contributed by atoms with Gasteiger partial charge in [-0.15, -0.1) is 6.58 Å². The molecule has 0 aromatic heterocycles. The van der Waals surface area contributed by atoms with Crippen molar-refractivity contribution in [3.63, 3.8) is 0 Å². The van der Waals surface area contributed by atoms with Crippen molar-refractivity contribution in [3.05, 3.63) is 90.0 Å². The number of nitrogens with zero attached hydrogens (tertiary/aromatic N) is 1. The van der Waals surface area contributed by atoms with Crippen LogP contribution in [0, 0.1) is 6.92 Å². The Balaban J connectivity index is 1.93. The maximum Gasteiger partial charge on any atom is 0.246 e. The number of hydrogen-bond acceptors (Lipinski definition) is 4. The first-order valence-electron chi connectivity index (χ1n) is 9.64. The highest BCUT2D eigenvalue weighted by molar-refractivity contribution is 7.93. The van der Waals surface area contributed by atoms with Gasteiger partial charge in [0.05, 0.1) is 11.7 Å². The fourth-order valence-corrected chi connectivity index (χ4v) is 6.17. The van der Waals surface area contributed by atoms with Crippen molar-refractivity contribution in [1.29, 1.82) is 0 Å². The van der Waals surface area contributed by atoms with Crippen molar-refractivity contribution in [2.45, 2.75) is 25.1 Å². The van der Waals surface area contributed by atoms with Crippen molar-refractivity contribution in [3.8, 4) is 22.6 Å². The van der Waals surface area contributed by atoms with E-state index in [1.54, 1.807) is 50.2 Å². The molecule has 2 N–H and O–H groups in total. The van der Waals surface area contributed by atoms with Crippen LogP contribution in [0.5, 0.6) is 11.5 Å². The van der Waals surface area contributed by atoms with E-state index < -0.39 is 21.3 Å². The molecule has 0 saturated carbocycles. The molecule has 0 fully saturated rings. The Labute approximate surface area is 176 Å². The summed E-state index contributed by atoms with van der Waals surface area (Å²) >= 11 is 0. The smallest absolute Gasteiger partial charge is 0.246 e. The van der Waals surface area contributed by atoms with Gasteiger partial charge in [-0.25, -0.2) is 8.42 Å². The average Bonchev–Trinajstić information content (AvgIpc) is 2.71. The maximum absolute atomic E-state index is 13.9. The quantitative estimate of drug-likeness (QED) is 0.567. The second-order valence-electron chi connectivity index (χ2n) is 7.47. The third kappa shape index (κ3) is 2.95. The lowest BCUT2D eigenvalue weighted by Crippen LogP contribution is -2.38. The van der Waals surface area contributed by atoms with Crippen molar-refractivity contribution in [2.24, 2.45) is 0 Å². The summed E-state index contributed by atoms with van der Waals surface area (Å²) in [4.78, 5) is 0. The van der Waals surface area contributed by atoms with Crippen molar-refractivity contribution >= 4 is 15.7 Å². The lowest BCUT2D eigenvalue weighted by atomic mass is 9.90. The Hall–Kier alpha value is -3.25. The number of hydrogen-bond donors (Lipinski definition) is 2. The molecular weight excluding hydrogens is 398 g/mol. The van der Waals surface area contributed by atoms with Crippen molar-refractivity contribution < 1.29 is 18.6 Å². The molecule has 6 heteroatoms. The standard InChI is InChI=1S/C24H23NO4S/c1-4-23(17-12-13-21(26)15(2)14-17)30(28,29)25-16(3)24-19(9-7-11-22(24)27)18-8-5-6-10-20(18)25/h4-14,16,23,26-27H,1H2,2-3H3. The van der Waals surface area contributed by atoms with E-state index in [-0.39, 0.29) is 11.5 Å². The van der Waals surface area contributed by atoms with E-state index in [1.165, 1.54) is 16.4 Å². The zero-order chi connectivity index (χ0) is 21.6. The number of fused-ring (bicyclic) bond motifs is 3. The average molecular weight is 422 g/mol. The third-order valence-corrected chi connectivity index (χ3v) is 7.81. The molecule has 1 aliphatic heterocycles. The molecule has 4 rings (SSSR count). The van der Waals surface area contributed by atoms with Gasteiger partial charge in [-0.3, -0.25) is 4.31 Å². The summed E-state index contributed by atoms with van der Waals surface area (Å²) in [6.07, 6.45) is 1.40. The topological polar surface area (TPSA) is 77.8 Å². The fourth-order valence-electron chi connectivity index (χ4n) is 4.21. The summed E-state index contributed by atoms with van der Waals surface area (Å²) in [5.41, 5.74) is 3.81. The number of aryl methyl sites for hydroxylation is 1. The predicted molar refractivity (Wildman–Crippen MR) is 119 cm³/mol. The Morgan fingerprint density at radius 3 is 2.40 bits per heavy atom. The van der Waals surface area contributed by atoms with Crippen molar-refractivity contribution in [1.82, 2.24) is 0 Å². The Bertz CT molecular complexity index is 1250. The van der Waals surface area contributed by atoms with E-state index in [0.29, 0.717) is 22.4 Å². The van der Waals surface area contributed by atoms with Gasteiger partial charge in [-0.1, -0.05) is 48.5 Å². The molecule has 2 unspecified atom stereocenters. The van der Waals surface area contributed by atoms with Crippen LogP contribution in [-0.4, -0.2) is 18.6 Å². The minimum absolute atomic E-state index is 0.0605. The van der Waals surface area contributed by atoms with Crippen LogP contribution in [0.4, 0.5) is 5.69 Å². The first kappa shape index (κ1) is 20.0. The number of phenols is 2. The zero-order valence-corrected chi connectivity index (χ0v) is 17.6. The van der Waals surface area contributed by atoms with E-state index in [4.69, 9.17) is 0 Å². The van der Waals surface area contributed by atoms with E-state index in [1.807, 2.05) is 18.2 Å². The Morgan fingerprint density at radius 2 is 1.70 bits per heavy atom. The number of para-hydroxylation sites is 1. The summed E-state index contributed by atoms with van der Waals surface area (Å²) in [6, 6.07) is 16.6. The van der Waals surface area contributed by atoms with Crippen LogP contribution in [0.25, 0.3) is 11.1 Å². The minimum atomic E-state index is -3.96. The normalized spacial score (nSPS) is 16.5. The van der Waals surface area contributed by atoms with Crippen LogP contribution in [0.3, 0.4) is 0 Å². The Kier molecular flexibility index (Phi) is 4.82. The summed E-state index contributed by atoms with van der Waals surface area (Å²) in [7, 11) is -3.96. The number of phenolic OH excluding ortho intramolecular Hbond substituents is 2. The second kappa shape index (κ2) is 7.22. The van der Waals surface area contributed by atoms with E-state index in [2.05, 4.69) is 6.58 Å². The first-order chi connectivity index (χ1) is 14.3. The molecule has 30 heavy (non-hydrogen) atoms. The van der Waals surface area contributed by atoms with Gasteiger partial charge in [0.1, 0.15) is 16.7 Å². The molecule has 0 aliphatic carbocycles. The molecule has 0 saturated heterocycles. The number of aromatic hydroxyl groups is 2. The summed E-state index contributed by atoms with van der Waals surface area (Å²) in [5, 5.41) is 19.4. The number of benzene rings is 3. The minimum Gasteiger partial charge on any atom is -0.508 e. The van der Waals surface area contributed by atoms with Gasteiger partial charge in [-0.2, -0.15) is 0 Å². The summed E-state index contributed by atoms with van der Waals surface area (Å²) in [6.45, 7) is 7.27. The van der Waals surface area contributed by atoms with Gasteiger partial charge in [-0.05, 0) is 48.7 Å². The summed E-state index contributed by atoms with van der Waals surface area (Å²) in [5.74, 6) is 0.167. The monoisotopic (exact) mass is 421 g/mol. The first-order valence-corrected chi connectivity index (χ1v) is 11.1. The molecule has 2 atom stereocenters. The molecule has 1 heterocycles. The molecule has 3 aromatic carbocycles. The van der Waals surface area contributed by atoms with Crippen molar-refractivity contribution in [2.75, 3.05) is 4.31 Å². The van der Waals surface area contributed by atoms with Crippen LogP contribution in [0.1, 0.15) is 34.9 Å². The molecule has 154 valence electrons. The van der Waals surface area contributed by atoms with Crippen LogP contribution in [0.2, 0.25) is 0 Å². The van der Waals surface area contributed by atoms with E-state index >= 15 is 0 Å². The predicted octanol–water partition coefficient (Wildman–Crippen LogP) is 5.21. The molecule has 5 nitrogen and oxygen atoms in total. The number of rotatable bonds is 4. The van der Waals surface area contributed by atoms with Gasteiger partial charge in [0.25, 0.3) is 0 Å². The molecule has 0 radical (unpaired) electrons. The number of anilines is 1. The molecule has 0 bridgehead atoms.